The summed E-state index contributed by atoms with van der Waals surface area (Å²) in [5.41, 5.74) is 1.63. The van der Waals surface area contributed by atoms with E-state index in [-0.39, 0.29) is 18.9 Å². The largest absolute Gasteiger partial charge is 0.444 e. The van der Waals surface area contributed by atoms with Crippen LogP contribution in [0.4, 0.5) is 21.0 Å². The molecule has 1 aromatic carbocycles. The molecule has 3 rings (SSSR count). The van der Waals surface area contributed by atoms with Crippen LogP contribution in [0.2, 0.25) is 0 Å². The average molecular weight is 412 g/mol. The van der Waals surface area contributed by atoms with Crippen LogP contribution in [0.25, 0.3) is 0 Å². The van der Waals surface area contributed by atoms with Gasteiger partial charge in [-0.15, -0.1) is 0 Å². The molecule has 0 aliphatic carbocycles. The number of hydrogen-bond donors (Lipinski definition) is 3. The molecule has 0 radical (unpaired) electrons. The smallest absolute Gasteiger partial charge is 0.412 e. The number of pyridine rings is 1. The number of rotatable bonds is 4. The Morgan fingerprint density at radius 1 is 1.20 bits per heavy atom. The third-order valence-corrected chi connectivity index (χ3v) is 4.09. The van der Waals surface area contributed by atoms with E-state index in [1.807, 2.05) is 30.3 Å². The molecule has 0 bridgehead atoms. The SMILES string of the molecule is CC(C)(C)OC(=O)N[C@@H]1Cc2ncc(NC(=O)OCc3ccccc3)cc2NC1=O. The van der Waals surface area contributed by atoms with Gasteiger partial charge in [-0.1, -0.05) is 30.3 Å². The van der Waals surface area contributed by atoms with Crippen LogP contribution in [0.5, 0.6) is 0 Å². The molecule has 1 aliphatic heterocycles. The predicted octanol–water partition coefficient (Wildman–Crippen LogP) is 3.22. The Balaban J connectivity index is 1.57. The first-order chi connectivity index (χ1) is 14.2. The van der Waals surface area contributed by atoms with Crippen LogP contribution < -0.4 is 16.0 Å². The number of nitrogens with one attached hydrogen (secondary N) is 3. The Kier molecular flexibility index (Phi) is 6.20. The van der Waals surface area contributed by atoms with Gasteiger partial charge in [0.05, 0.1) is 23.3 Å². The lowest BCUT2D eigenvalue weighted by atomic mass is 10.0. The molecule has 0 saturated heterocycles. The quantitative estimate of drug-likeness (QED) is 0.710. The number of hydrogen-bond acceptors (Lipinski definition) is 6. The van der Waals surface area contributed by atoms with Crippen molar-refractivity contribution in [3.05, 3.63) is 53.9 Å². The highest BCUT2D eigenvalue weighted by Crippen LogP contribution is 2.24. The Morgan fingerprint density at radius 3 is 2.63 bits per heavy atom. The number of amides is 3. The van der Waals surface area contributed by atoms with Crippen molar-refractivity contribution >= 4 is 29.5 Å². The zero-order valence-corrected chi connectivity index (χ0v) is 17.0. The van der Waals surface area contributed by atoms with Crippen molar-refractivity contribution in [1.82, 2.24) is 10.3 Å². The normalized spacial score (nSPS) is 15.4. The summed E-state index contributed by atoms with van der Waals surface area (Å²) in [6.07, 6.45) is 0.363. The summed E-state index contributed by atoms with van der Waals surface area (Å²) in [6, 6.07) is 10.1. The zero-order chi connectivity index (χ0) is 21.7. The average Bonchev–Trinajstić information content (AvgIpc) is 2.66. The van der Waals surface area contributed by atoms with E-state index >= 15 is 0 Å². The molecule has 0 unspecified atom stereocenters. The van der Waals surface area contributed by atoms with Crippen molar-refractivity contribution in [1.29, 1.82) is 0 Å². The number of fused-ring (bicyclic) bond motifs is 1. The van der Waals surface area contributed by atoms with Crippen LogP contribution in [-0.4, -0.2) is 34.7 Å². The van der Waals surface area contributed by atoms with E-state index in [2.05, 4.69) is 20.9 Å². The second-order valence-corrected chi connectivity index (χ2v) is 7.80. The maximum absolute atomic E-state index is 12.3. The summed E-state index contributed by atoms with van der Waals surface area (Å²) in [6.45, 7) is 5.36. The summed E-state index contributed by atoms with van der Waals surface area (Å²) in [5, 5.41) is 7.81. The Morgan fingerprint density at radius 2 is 1.93 bits per heavy atom. The van der Waals surface area contributed by atoms with E-state index in [1.54, 1.807) is 26.8 Å². The summed E-state index contributed by atoms with van der Waals surface area (Å²) >= 11 is 0. The van der Waals surface area contributed by atoms with Gasteiger partial charge >= 0.3 is 12.2 Å². The molecule has 1 aromatic heterocycles. The van der Waals surface area contributed by atoms with Crippen LogP contribution in [0, 0.1) is 0 Å². The van der Waals surface area contributed by atoms with E-state index < -0.39 is 23.8 Å². The van der Waals surface area contributed by atoms with Gasteiger partial charge in [-0.3, -0.25) is 15.1 Å². The van der Waals surface area contributed by atoms with Gasteiger partial charge in [-0.2, -0.15) is 0 Å². The monoisotopic (exact) mass is 412 g/mol. The summed E-state index contributed by atoms with van der Waals surface area (Å²) in [4.78, 5) is 40.5. The van der Waals surface area contributed by atoms with Gasteiger partial charge in [-0.25, -0.2) is 9.59 Å². The van der Waals surface area contributed by atoms with Crippen molar-refractivity contribution < 1.29 is 23.9 Å². The second kappa shape index (κ2) is 8.81. The van der Waals surface area contributed by atoms with Crippen molar-refractivity contribution in [3.63, 3.8) is 0 Å². The van der Waals surface area contributed by atoms with E-state index in [0.717, 1.165) is 5.56 Å². The third kappa shape index (κ3) is 5.94. The van der Waals surface area contributed by atoms with E-state index in [0.29, 0.717) is 17.1 Å². The molecular weight excluding hydrogens is 388 g/mol. The Hall–Kier alpha value is -3.62. The molecule has 1 atom stereocenters. The standard InChI is InChI=1S/C21H24N4O5/c1-21(2,3)30-20(28)25-17-10-15-16(24-18(17)26)9-14(11-22-15)23-19(27)29-12-13-7-5-4-6-8-13/h4-9,11,17H,10,12H2,1-3H3,(H,23,27)(H,24,26)(H,25,28)/t17-/m1/s1. The van der Waals surface area contributed by atoms with E-state index in [1.165, 1.54) is 6.20 Å². The van der Waals surface area contributed by atoms with Crippen molar-refractivity contribution in [2.75, 3.05) is 10.6 Å². The minimum Gasteiger partial charge on any atom is -0.444 e. The van der Waals surface area contributed by atoms with Crippen molar-refractivity contribution in [2.24, 2.45) is 0 Å². The highest BCUT2D eigenvalue weighted by atomic mass is 16.6. The lowest BCUT2D eigenvalue weighted by molar-refractivity contribution is -0.118. The van der Waals surface area contributed by atoms with Crippen molar-refractivity contribution in [2.45, 2.75) is 45.4 Å². The topological polar surface area (TPSA) is 119 Å². The van der Waals surface area contributed by atoms with Gasteiger partial charge in [0.1, 0.15) is 18.2 Å². The third-order valence-electron chi connectivity index (χ3n) is 4.09. The van der Waals surface area contributed by atoms with Crippen LogP contribution in [0.15, 0.2) is 42.6 Å². The molecular formula is C21H24N4O5. The van der Waals surface area contributed by atoms with Gasteiger partial charge in [0, 0.05) is 6.42 Å². The first-order valence-corrected chi connectivity index (χ1v) is 9.46. The molecule has 0 fully saturated rings. The van der Waals surface area contributed by atoms with Crippen LogP contribution in [0.3, 0.4) is 0 Å². The summed E-state index contributed by atoms with van der Waals surface area (Å²) < 4.78 is 10.4. The van der Waals surface area contributed by atoms with E-state index in [9.17, 15) is 14.4 Å². The molecule has 2 aromatic rings. The molecule has 3 N–H and O–H groups in total. The number of anilines is 2. The number of carbonyl (C=O) groups excluding carboxylic acids is 3. The highest BCUT2D eigenvalue weighted by molar-refractivity contribution is 6.00. The molecule has 9 nitrogen and oxygen atoms in total. The first kappa shape index (κ1) is 21.1. The summed E-state index contributed by atoms with van der Waals surface area (Å²) in [5.74, 6) is -0.390. The van der Waals surface area contributed by atoms with Gasteiger partial charge in [0.25, 0.3) is 0 Å². The summed E-state index contributed by atoms with van der Waals surface area (Å²) in [7, 11) is 0. The zero-order valence-electron chi connectivity index (χ0n) is 17.0. The Bertz CT molecular complexity index is 940. The maximum Gasteiger partial charge on any atom is 0.412 e. The molecule has 2 heterocycles. The lowest BCUT2D eigenvalue weighted by Crippen LogP contribution is -2.49. The Labute approximate surface area is 174 Å². The number of ether oxygens (including phenoxy) is 2. The van der Waals surface area contributed by atoms with Gasteiger partial charge in [-0.05, 0) is 32.4 Å². The number of nitrogens with zero attached hydrogens (tertiary/aromatic N) is 1. The number of benzene rings is 1. The van der Waals surface area contributed by atoms with Crippen LogP contribution in [0.1, 0.15) is 32.0 Å². The number of alkyl carbamates (subject to hydrolysis) is 1. The highest BCUT2D eigenvalue weighted by Gasteiger charge is 2.30. The fourth-order valence-electron chi connectivity index (χ4n) is 2.78. The van der Waals surface area contributed by atoms with Gasteiger partial charge in [0.15, 0.2) is 0 Å². The number of carbonyl (C=O) groups is 3. The van der Waals surface area contributed by atoms with Gasteiger partial charge in [0.2, 0.25) is 5.91 Å². The molecule has 158 valence electrons. The van der Waals surface area contributed by atoms with Gasteiger partial charge < -0.3 is 20.1 Å². The fourth-order valence-corrected chi connectivity index (χ4v) is 2.78. The molecule has 9 heteroatoms. The number of aromatic nitrogens is 1. The van der Waals surface area contributed by atoms with Crippen LogP contribution in [-0.2, 0) is 27.3 Å². The maximum atomic E-state index is 12.3. The van der Waals surface area contributed by atoms with Crippen molar-refractivity contribution in [3.8, 4) is 0 Å². The first-order valence-electron chi connectivity index (χ1n) is 9.46. The minimum absolute atomic E-state index is 0.139. The fraction of sp³-hybridized carbons (Fsp3) is 0.333. The predicted molar refractivity (Wildman–Crippen MR) is 110 cm³/mol. The molecule has 0 spiro atoms. The molecule has 3 amide bonds. The lowest BCUT2D eigenvalue weighted by Gasteiger charge is -2.26. The molecule has 30 heavy (non-hydrogen) atoms. The molecule has 1 aliphatic rings. The van der Waals surface area contributed by atoms with Crippen LogP contribution >= 0.6 is 0 Å². The van der Waals surface area contributed by atoms with E-state index in [4.69, 9.17) is 9.47 Å². The molecule has 0 saturated carbocycles. The minimum atomic E-state index is -0.797. The second-order valence-electron chi connectivity index (χ2n) is 7.80.